The number of hydrogen-bond donors (Lipinski definition) is 2. The zero-order valence-corrected chi connectivity index (χ0v) is 16.9. The summed E-state index contributed by atoms with van der Waals surface area (Å²) in [7, 11) is -3.09. The molecule has 1 heterocycles. The number of benzene rings is 1. The molecule has 0 radical (unpaired) electrons. The Morgan fingerprint density at radius 3 is 2.48 bits per heavy atom. The first kappa shape index (κ1) is 20.2. The number of nitrogens with zero attached hydrogens (tertiary/aromatic N) is 2. The number of nitrogens with two attached hydrogens (primary N) is 1. The fourth-order valence-corrected chi connectivity index (χ4v) is 3.63. The molecule has 0 amide bonds. The molecule has 1 fully saturated rings. The van der Waals surface area contributed by atoms with Crippen LogP contribution < -0.4 is 11.1 Å². The summed E-state index contributed by atoms with van der Waals surface area (Å²) in [5.74, 6) is 0.595. The number of halogens is 1. The first-order valence-electron chi connectivity index (χ1n) is 7.34. The van der Waals surface area contributed by atoms with Gasteiger partial charge in [0.15, 0.2) is 5.96 Å². The number of sulfonamides is 1. The Balaban J connectivity index is 0.00000264. The standard InChI is InChI=1S/C15H24N4O2S.HI/c1-11-6-12(2)8-14(7-11)18-15(16)17-9-13-4-5-19(10-13)22(3,20)21;/h6-8,13H,4-5,9-10H2,1-3H3,(H3,16,17,18);1H. The lowest BCUT2D eigenvalue weighted by molar-refractivity contribution is 0.464. The minimum Gasteiger partial charge on any atom is -0.370 e. The van der Waals surface area contributed by atoms with E-state index >= 15 is 0 Å². The first-order chi connectivity index (χ1) is 10.2. The number of aryl methyl sites for hydroxylation is 2. The molecule has 1 aromatic rings. The van der Waals surface area contributed by atoms with E-state index in [4.69, 9.17) is 5.73 Å². The van der Waals surface area contributed by atoms with Crippen molar-refractivity contribution < 1.29 is 8.42 Å². The molecule has 1 aliphatic heterocycles. The van der Waals surface area contributed by atoms with Crippen molar-refractivity contribution >= 4 is 45.6 Å². The van der Waals surface area contributed by atoms with Gasteiger partial charge in [0.1, 0.15) is 0 Å². The summed E-state index contributed by atoms with van der Waals surface area (Å²) in [6.07, 6.45) is 2.07. The minimum absolute atomic E-state index is 0. The first-order valence-corrected chi connectivity index (χ1v) is 9.19. The van der Waals surface area contributed by atoms with Crippen LogP contribution in [0, 0.1) is 19.8 Å². The van der Waals surface area contributed by atoms with Gasteiger partial charge in [0.05, 0.1) is 6.26 Å². The van der Waals surface area contributed by atoms with Crippen LogP contribution >= 0.6 is 24.0 Å². The summed E-state index contributed by atoms with van der Waals surface area (Å²) < 4.78 is 24.5. The molecule has 0 aromatic heterocycles. The molecule has 23 heavy (non-hydrogen) atoms. The summed E-state index contributed by atoms with van der Waals surface area (Å²) in [6, 6.07) is 6.11. The molecule has 8 heteroatoms. The Bertz CT molecular complexity index is 656. The molecule has 1 unspecified atom stereocenters. The van der Waals surface area contributed by atoms with Crippen LogP contribution in [0.1, 0.15) is 17.5 Å². The summed E-state index contributed by atoms with van der Waals surface area (Å²) >= 11 is 0. The van der Waals surface area contributed by atoms with E-state index in [2.05, 4.69) is 16.4 Å². The topological polar surface area (TPSA) is 87.8 Å². The average molecular weight is 452 g/mol. The number of guanidine groups is 1. The van der Waals surface area contributed by atoms with Crippen LogP contribution in [0.15, 0.2) is 23.2 Å². The highest BCUT2D eigenvalue weighted by atomic mass is 127. The molecule has 6 nitrogen and oxygen atoms in total. The van der Waals surface area contributed by atoms with Gasteiger partial charge in [0.25, 0.3) is 0 Å². The molecule has 3 N–H and O–H groups in total. The van der Waals surface area contributed by atoms with E-state index < -0.39 is 10.0 Å². The Morgan fingerprint density at radius 2 is 1.96 bits per heavy atom. The number of anilines is 1. The molecule has 1 aliphatic rings. The van der Waals surface area contributed by atoms with Crippen LogP contribution in [-0.4, -0.2) is 44.6 Å². The number of rotatable bonds is 4. The van der Waals surface area contributed by atoms with Gasteiger partial charge in [-0.1, -0.05) is 6.07 Å². The number of hydrogen-bond acceptors (Lipinski definition) is 3. The Hall–Kier alpha value is -0.870. The lowest BCUT2D eigenvalue weighted by Crippen LogP contribution is -2.28. The van der Waals surface area contributed by atoms with Crippen LogP contribution in [0.2, 0.25) is 0 Å². The van der Waals surface area contributed by atoms with Crippen molar-refractivity contribution in [2.24, 2.45) is 16.6 Å². The molecule has 2 rings (SSSR count). The van der Waals surface area contributed by atoms with Crippen molar-refractivity contribution in [3.63, 3.8) is 0 Å². The van der Waals surface area contributed by atoms with Crippen molar-refractivity contribution in [3.05, 3.63) is 29.3 Å². The van der Waals surface area contributed by atoms with Gasteiger partial charge in [-0.15, -0.1) is 24.0 Å². The van der Waals surface area contributed by atoms with E-state index in [-0.39, 0.29) is 29.9 Å². The van der Waals surface area contributed by atoms with Gasteiger partial charge in [0.2, 0.25) is 10.0 Å². The van der Waals surface area contributed by atoms with Crippen molar-refractivity contribution in [1.29, 1.82) is 0 Å². The Kier molecular flexibility index (Phi) is 7.28. The maximum atomic E-state index is 11.5. The molecule has 1 aromatic carbocycles. The van der Waals surface area contributed by atoms with Crippen LogP contribution in [0.5, 0.6) is 0 Å². The number of aliphatic imine (C=N–C) groups is 1. The fraction of sp³-hybridized carbons (Fsp3) is 0.533. The molecule has 1 atom stereocenters. The van der Waals surface area contributed by atoms with Gasteiger partial charge in [-0.05, 0) is 49.4 Å². The monoisotopic (exact) mass is 452 g/mol. The Morgan fingerprint density at radius 1 is 1.35 bits per heavy atom. The van der Waals surface area contributed by atoms with Crippen LogP contribution in [0.4, 0.5) is 5.69 Å². The number of nitrogens with one attached hydrogen (secondary N) is 1. The fourth-order valence-electron chi connectivity index (χ4n) is 2.71. The van der Waals surface area contributed by atoms with Crippen LogP contribution in [0.3, 0.4) is 0 Å². The largest absolute Gasteiger partial charge is 0.370 e. The van der Waals surface area contributed by atoms with Crippen molar-refractivity contribution in [1.82, 2.24) is 4.31 Å². The lowest BCUT2D eigenvalue weighted by Gasteiger charge is -2.12. The summed E-state index contributed by atoms with van der Waals surface area (Å²) in [6.45, 7) is 5.70. The van der Waals surface area contributed by atoms with Gasteiger partial charge < -0.3 is 11.1 Å². The third kappa shape index (κ3) is 6.27. The quantitative estimate of drug-likeness (QED) is 0.415. The minimum atomic E-state index is -3.09. The summed E-state index contributed by atoms with van der Waals surface area (Å²) in [4.78, 5) is 4.34. The zero-order chi connectivity index (χ0) is 16.3. The van der Waals surface area contributed by atoms with Gasteiger partial charge >= 0.3 is 0 Å². The third-order valence-electron chi connectivity index (χ3n) is 3.73. The Labute approximate surface area is 155 Å². The third-order valence-corrected chi connectivity index (χ3v) is 5.00. The second-order valence-corrected chi connectivity index (χ2v) is 7.99. The SMILES string of the molecule is Cc1cc(C)cc(NC(N)=NCC2CCN(S(C)(=O)=O)C2)c1.I. The zero-order valence-electron chi connectivity index (χ0n) is 13.7. The van der Waals surface area contributed by atoms with Gasteiger partial charge in [-0.25, -0.2) is 12.7 Å². The summed E-state index contributed by atoms with van der Waals surface area (Å²) in [5, 5.41) is 3.08. The van der Waals surface area contributed by atoms with E-state index in [0.29, 0.717) is 25.6 Å². The predicted octanol–water partition coefficient (Wildman–Crippen LogP) is 1.93. The van der Waals surface area contributed by atoms with Gasteiger partial charge in [-0.2, -0.15) is 0 Å². The van der Waals surface area contributed by atoms with Crippen molar-refractivity contribution in [2.45, 2.75) is 20.3 Å². The maximum absolute atomic E-state index is 11.5. The molecular weight excluding hydrogens is 427 g/mol. The molecule has 0 bridgehead atoms. The predicted molar refractivity (Wildman–Crippen MR) is 106 cm³/mol. The van der Waals surface area contributed by atoms with Crippen molar-refractivity contribution in [3.8, 4) is 0 Å². The van der Waals surface area contributed by atoms with E-state index in [1.807, 2.05) is 26.0 Å². The summed E-state index contributed by atoms with van der Waals surface area (Å²) in [5.41, 5.74) is 9.15. The van der Waals surface area contributed by atoms with E-state index in [0.717, 1.165) is 23.2 Å². The van der Waals surface area contributed by atoms with E-state index in [1.54, 1.807) is 0 Å². The lowest BCUT2D eigenvalue weighted by atomic mass is 10.1. The van der Waals surface area contributed by atoms with E-state index in [9.17, 15) is 8.42 Å². The second kappa shape index (κ2) is 8.29. The molecule has 130 valence electrons. The van der Waals surface area contributed by atoms with Gasteiger partial charge in [-0.3, -0.25) is 4.99 Å². The normalized spacial score (nSPS) is 19.4. The highest BCUT2D eigenvalue weighted by Gasteiger charge is 2.28. The second-order valence-electron chi connectivity index (χ2n) is 6.00. The molecule has 0 aliphatic carbocycles. The maximum Gasteiger partial charge on any atom is 0.211 e. The molecule has 0 spiro atoms. The average Bonchev–Trinajstić information content (AvgIpc) is 2.83. The van der Waals surface area contributed by atoms with Crippen molar-refractivity contribution in [2.75, 3.05) is 31.2 Å². The van der Waals surface area contributed by atoms with E-state index in [1.165, 1.54) is 10.6 Å². The van der Waals surface area contributed by atoms with Crippen LogP contribution in [-0.2, 0) is 10.0 Å². The van der Waals surface area contributed by atoms with Crippen LogP contribution in [0.25, 0.3) is 0 Å². The molecule has 0 saturated carbocycles. The molecule has 1 saturated heterocycles. The molecular formula is C15H25IN4O2S. The highest BCUT2D eigenvalue weighted by Crippen LogP contribution is 2.19. The van der Waals surface area contributed by atoms with Gasteiger partial charge in [0, 0.05) is 25.3 Å². The smallest absolute Gasteiger partial charge is 0.211 e. The highest BCUT2D eigenvalue weighted by molar-refractivity contribution is 14.0.